The van der Waals surface area contributed by atoms with E-state index in [2.05, 4.69) is 6.92 Å². The van der Waals surface area contributed by atoms with Gasteiger partial charge in [-0.1, -0.05) is 69.7 Å². The summed E-state index contributed by atoms with van der Waals surface area (Å²) in [6.07, 6.45) is 13.0. The Morgan fingerprint density at radius 3 is 1.61 bits per heavy atom. The Hall–Kier alpha value is -0.160. The van der Waals surface area contributed by atoms with Gasteiger partial charge in [0.2, 0.25) is 0 Å². The molecule has 0 aromatic rings. The molecule has 0 aliphatic heterocycles. The summed E-state index contributed by atoms with van der Waals surface area (Å²) < 4.78 is 0. The Balaban J connectivity index is 3.17. The molecule has 0 aliphatic rings. The van der Waals surface area contributed by atoms with Crippen molar-refractivity contribution in [3.63, 3.8) is 0 Å². The van der Waals surface area contributed by atoms with E-state index < -0.39 is 11.0 Å². The smallest absolute Gasteiger partial charge is 0.149 e. The highest BCUT2D eigenvalue weighted by molar-refractivity contribution is 4.51. The number of unbranched alkanes of at least 4 members (excludes halogenated alkanes) is 9. The Morgan fingerprint density at radius 2 is 1.22 bits per heavy atom. The number of hydroxylamine groups is 3. The van der Waals surface area contributed by atoms with Gasteiger partial charge in [0.15, 0.2) is 0 Å². The van der Waals surface area contributed by atoms with E-state index in [0.717, 1.165) is 12.8 Å². The standard InChI is InChI=1S/C14H31NO3/c1-3-4-5-6-7-8-9-10-11-12-13-14(2)15(16,17)18/h14,16-17H,3-13H2,1-2H3. The minimum atomic E-state index is -2.14. The maximum absolute atomic E-state index is 10.7. The van der Waals surface area contributed by atoms with E-state index in [0.29, 0.717) is 6.42 Å². The van der Waals surface area contributed by atoms with Crippen molar-refractivity contribution in [1.82, 2.24) is 0 Å². The molecule has 1 atom stereocenters. The average Bonchev–Trinajstić information content (AvgIpc) is 2.30. The number of nitrogens with zero attached hydrogens (tertiary/aromatic N) is 1. The second kappa shape index (κ2) is 10.7. The van der Waals surface area contributed by atoms with Gasteiger partial charge in [0.05, 0.1) is 0 Å². The molecule has 0 fully saturated rings. The molecule has 4 nitrogen and oxygen atoms in total. The fourth-order valence-electron chi connectivity index (χ4n) is 2.10. The fraction of sp³-hybridized carbons (Fsp3) is 1.00. The van der Waals surface area contributed by atoms with Crippen LogP contribution in [0.3, 0.4) is 0 Å². The number of quaternary nitrogens is 1. The van der Waals surface area contributed by atoms with Crippen molar-refractivity contribution in [2.45, 2.75) is 90.5 Å². The van der Waals surface area contributed by atoms with Gasteiger partial charge < -0.3 is 5.21 Å². The van der Waals surface area contributed by atoms with E-state index in [1.165, 1.54) is 51.4 Å². The van der Waals surface area contributed by atoms with Crippen LogP contribution in [-0.2, 0) is 0 Å². The molecular weight excluding hydrogens is 230 g/mol. The maximum atomic E-state index is 10.7. The van der Waals surface area contributed by atoms with Crippen molar-refractivity contribution < 1.29 is 15.4 Å². The molecule has 0 aromatic carbocycles. The first-order chi connectivity index (χ1) is 8.48. The highest BCUT2D eigenvalue weighted by Gasteiger charge is 2.20. The fourth-order valence-corrected chi connectivity index (χ4v) is 2.10. The van der Waals surface area contributed by atoms with Gasteiger partial charge in [0.25, 0.3) is 0 Å². The second-order valence-electron chi connectivity index (χ2n) is 5.41. The zero-order valence-corrected chi connectivity index (χ0v) is 12.1. The van der Waals surface area contributed by atoms with Gasteiger partial charge in [0, 0.05) is 6.42 Å². The Labute approximate surface area is 112 Å². The van der Waals surface area contributed by atoms with Gasteiger partial charge in [-0.05, 0) is 13.3 Å². The van der Waals surface area contributed by atoms with Crippen LogP contribution in [0.5, 0.6) is 0 Å². The van der Waals surface area contributed by atoms with Crippen molar-refractivity contribution >= 4 is 0 Å². The molecule has 4 heteroatoms. The third-order valence-electron chi connectivity index (χ3n) is 3.55. The first kappa shape index (κ1) is 17.8. The summed E-state index contributed by atoms with van der Waals surface area (Å²) in [7, 11) is 0. The molecule has 18 heavy (non-hydrogen) atoms. The average molecular weight is 261 g/mol. The van der Waals surface area contributed by atoms with Gasteiger partial charge >= 0.3 is 0 Å². The van der Waals surface area contributed by atoms with E-state index in [-0.39, 0.29) is 0 Å². The summed E-state index contributed by atoms with van der Waals surface area (Å²) in [4.78, 5) is -2.14. The summed E-state index contributed by atoms with van der Waals surface area (Å²) in [6.45, 7) is 3.80. The van der Waals surface area contributed by atoms with E-state index in [9.17, 15) is 5.21 Å². The molecule has 0 aromatic heterocycles. The summed E-state index contributed by atoms with van der Waals surface area (Å²) in [5.41, 5.74) is 0. The van der Waals surface area contributed by atoms with Gasteiger partial charge in [-0.15, -0.1) is 0 Å². The lowest BCUT2D eigenvalue weighted by Gasteiger charge is -2.30. The topological polar surface area (TPSA) is 63.5 Å². The van der Waals surface area contributed by atoms with Crippen LogP contribution in [0.2, 0.25) is 0 Å². The van der Waals surface area contributed by atoms with Crippen molar-refractivity contribution in [2.75, 3.05) is 0 Å². The second-order valence-corrected chi connectivity index (χ2v) is 5.41. The third-order valence-corrected chi connectivity index (χ3v) is 3.55. The molecule has 1 unspecified atom stereocenters. The van der Waals surface area contributed by atoms with Crippen molar-refractivity contribution in [1.29, 1.82) is 0 Å². The van der Waals surface area contributed by atoms with Crippen LogP contribution in [0.4, 0.5) is 0 Å². The molecule has 0 aliphatic carbocycles. The Kier molecular flexibility index (Phi) is 10.6. The molecule has 0 amide bonds. The minimum Gasteiger partial charge on any atom is -0.564 e. The van der Waals surface area contributed by atoms with Gasteiger partial charge in [0.1, 0.15) is 6.04 Å². The van der Waals surface area contributed by atoms with E-state index in [4.69, 9.17) is 10.4 Å². The van der Waals surface area contributed by atoms with Gasteiger partial charge in [-0.3, -0.25) is 0 Å². The first-order valence-corrected chi connectivity index (χ1v) is 7.53. The highest BCUT2D eigenvalue weighted by Crippen LogP contribution is 2.14. The third kappa shape index (κ3) is 11.0. The molecule has 0 bridgehead atoms. The molecule has 0 spiro atoms. The van der Waals surface area contributed by atoms with Crippen molar-refractivity contribution in [2.24, 2.45) is 0 Å². The van der Waals surface area contributed by atoms with Crippen LogP contribution in [0.25, 0.3) is 0 Å². The molecule has 0 saturated carbocycles. The lowest BCUT2D eigenvalue weighted by molar-refractivity contribution is -1.23. The van der Waals surface area contributed by atoms with Crippen LogP contribution in [-0.4, -0.2) is 21.4 Å². The lowest BCUT2D eigenvalue weighted by atomic mass is 10.0. The van der Waals surface area contributed by atoms with Crippen LogP contribution in [0.15, 0.2) is 0 Å². The largest absolute Gasteiger partial charge is 0.564 e. The van der Waals surface area contributed by atoms with Gasteiger partial charge in [-0.2, -0.15) is 10.4 Å². The maximum Gasteiger partial charge on any atom is 0.149 e. The summed E-state index contributed by atoms with van der Waals surface area (Å²) in [5.74, 6) is 0. The van der Waals surface area contributed by atoms with Gasteiger partial charge in [-0.25, -0.2) is 0 Å². The summed E-state index contributed by atoms with van der Waals surface area (Å²) >= 11 is 0. The summed E-state index contributed by atoms with van der Waals surface area (Å²) in [5, 5.41) is 28.3. The molecule has 0 saturated heterocycles. The number of hydrogen-bond acceptors (Lipinski definition) is 3. The molecule has 0 rings (SSSR count). The molecule has 2 N–H and O–H groups in total. The lowest BCUT2D eigenvalue weighted by Crippen LogP contribution is -2.42. The SMILES string of the molecule is CCCCCCCCCCCCC(C)[N+]([O-])(O)O. The predicted molar refractivity (Wildman–Crippen MR) is 73.1 cm³/mol. The van der Waals surface area contributed by atoms with E-state index in [1.807, 2.05) is 0 Å². The molecule has 0 heterocycles. The number of rotatable bonds is 12. The van der Waals surface area contributed by atoms with E-state index >= 15 is 0 Å². The predicted octanol–water partition coefficient (Wildman–Crippen LogP) is 4.78. The zero-order chi connectivity index (χ0) is 13.9. The Morgan fingerprint density at radius 1 is 0.833 bits per heavy atom. The molecule has 0 radical (unpaired) electrons. The Bertz CT molecular complexity index is 180. The van der Waals surface area contributed by atoms with Crippen LogP contribution in [0, 0.1) is 5.21 Å². The quantitative estimate of drug-likeness (QED) is 0.302. The number of hydrogen-bond donors (Lipinski definition) is 2. The molecule has 110 valence electrons. The summed E-state index contributed by atoms with van der Waals surface area (Å²) in [6, 6.07) is -0.640. The zero-order valence-electron chi connectivity index (χ0n) is 12.1. The van der Waals surface area contributed by atoms with Crippen molar-refractivity contribution in [3.8, 4) is 0 Å². The highest BCUT2D eigenvalue weighted by atomic mass is 17.1. The minimum absolute atomic E-state index is 0.576. The van der Waals surface area contributed by atoms with Crippen LogP contribution < -0.4 is 0 Å². The van der Waals surface area contributed by atoms with Crippen LogP contribution in [0.1, 0.15) is 84.5 Å². The normalized spacial score (nSPS) is 13.8. The molecular formula is C14H31NO3. The van der Waals surface area contributed by atoms with E-state index in [1.54, 1.807) is 6.92 Å². The first-order valence-electron chi connectivity index (χ1n) is 7.53. The monoisotopic (exact) mass is 261 g/mol. The van der Waals surface area contributed by atoms with Crippen molar-refractivity contribution in [3.05, 3.63) is 5.21 Å². The van der Waals surface area contributed by atoms with Crippen LogP contribution >= 0.6 is 0 Å².